The van der Waals surface area contributed by atoms with E-state index in [0.29, 0.717) is 0 Å². The second kappa shape index (κ2) is 2.49. The van der Waals surface area contributed by atoms with Crippen LogP contribution >= 0.6 is 0 Å². The third kappa shape index (κ3) is 1.18. The summed E-state index contributed by atoms with van der Waals surface area (Å²) in [6, 6.07) is 1.09. The van der Waals surface area contributed by atoms with E-state index >= 15 is 0 Å². The number of nitrogens with two attached hydrogens (primary N) is 1. The van der Waals surface area contributed by atoms with E-state index in [1.165, 1.54) is 13.8 Å². The number of benzene rings is 1. The number of nitrogen functional groups attached to an aromatic ring is 1. The van der Waals surface area contributed by atoms with Crippen LogP contribution in [0.15, 0.2) is 6.07 Å². The Morgan fingerprint density at radius 2 is 1.82 bits per heavy atom. The molecular weight excluding hydrogens is 148 g/mol. The molecule has 0 aliphatic carbocycles. The second-order valence-electron chi connectivity index (χ2n) is 2.53. The van der Waals surface area contributed by atoms with Crippen molar-refractivity contribution in [3.63, 3.8) is 0 Å². The molecule has 0 aliphatic rings. The van der Waals surface area contributed by atoms with Gasteiger partial charge in [0.15, 0.2) is 0 Å². The highest BCUT2D eigenvalue weighted by Gasteiger charge is 2.09. The summed E-state index contributed by atoms with van der Waals surface area (Å²) in [6.07, 6.45) is 0. The van der Waals surface area contributed by atoms with Crippen molar-refractivity contribution >= 4 is 5.69 Å². The molecule has 0 heterocycles. The summed E-state index contributed by atoms with van der Waals surface area (Å²) < 4.78 is 25.7. The molecule has 0 amide bonds. The molecule has 0 saturated carbocycles. The molecular formula is C8H9F2N. The van der Waals surface area contributed by atoms with Gasteiger partial charge in [0, 0.05) is 5.56 Å². The van der Waals surface area contributed by atoms with E-state index in [1.807, 2.05) is 0 Å². The zero-order chi connectivity index (χ0) is 8.59. The maximum atomic E-state index is 12.9. The van der Waals surface area contributed by atoms with E-state index in [-0.39, 0.29) is 16.8 Å². The smallest absolute Gasteiger partial charge is 0.146 e. The average Bonchev–Trinajstić information content (AvgIpc) is 1.97. The van der Waals surface area contributed by atoms with E-state index in [0.717, 1.165) is 6.07 Å². The van der Waals surface area contributed by atoms with E-state index < -0.39 is 11.6 Å². The van der Waals surface area contributed by atoms with Gasteiger partial charge in [-0.3, -0.25) is 0 Å². The lowest BCUT2D eigenvalue weighted by Gasteiger charge is -2.04. The van der Waals surface area contributed by atoms with Gasteiger partial charge in [0.2, 0.25) is 0 Å². The highest BCUT2D eigenvalue weighted by Crippen LogP contribution is 2.21. The monoisotopic (exact) mass is 157 g/mol. The van der Waals surface area contributed by atoms with Crippen LogP contribution in [-0.4, -0.2) is 0 Å². The fraction of sp³-hybridized carbons (Fsp3) is 0.250. The molecule has 0 spiro atoms. The largest absolute Gasteiger partial charge is 0.396 e. The van der Waals surface area contributed by atoms with Gasteiger partial charge < -0.3 is 5.73 Å². The first-order valence-corrected chi connectivity index (χ1v) is 3.24. The molecule has 1 rings (SSSR count). The van der Waals surface area contributed by atoms with E-state index in [9.17, 15) is 8.78 Å². The fourth-order valence-corrected chi connectivity index (χ4v) is 0.924. The zero-order valence-corrected chi connectivity index (χ0v) is 6.41. The van der Waals surface area contributed by atoms with E-state index in [2.05, 4.69) is 0 Å². The SMILES string of the molecule is Cc1cc(F)c(N)c(C)c1F. The number of anilines is 1. The number of hydrogen-bond acceptors (Lipinski definition) is 1. The topological polar surface area (TPSA) is 26.0 Å². The van der Waals surface area contributed by atoms with Crippen LogP contribution in [0.25, 0.3) is 0 Å². The Morgan fingerprint density at radius 1 is 1.27 bits per heavy atom. The second-order valence-corrected chi connectivity index (χ2v) is 2.53. The van der Waals surface area contributed by atoms with Crippen LogP contribution in [0.5, 0.6) is 0 Å². The van der Waals surface area contributed by atoms with E-state index in [1.54, 1.807) is 0 Å². The van der Waals surface area contributed by atoms with E-state index in [4.69, 9.17) is 5.73 Å². The number of hydrogen-bond donors (Lipinski definition) is 1. The summed E-state index contributed by atoms with van der Waals surface area (Å²) >= 11 is 0. The Balaban J connectivity index is 3.46. The molecule has 0 atom stereocenters. The number of rotatable bonds is 0. The molecule has 2 N–H and O–H groups in total. The van der Waals surface area contributed by atoms with Gasteiger partial charge in [-0.1, -0.05) is 0 Å². The predicted octanol–water partition coefficient (Wildman–Crippen LogP) is 2.16. The molecule has 60 valence electrons. The Hall–Kier alpha value is -1.12. The van der Waals surface area contributed by atoms with Gasteiger partial charge in [0.1, 0.15) is 11.6 Å². The minimum Gasteiger partial charge on any atom is -0.396 e. The highest BCUT2D eigenvalue weighted by molar-refractivity contribution is 5.49. The Morgan fingerprint density at radius 3 is 2.36 bits per heavy atom. The first-order valence-electron chi connectivity index (χ1n) is 3.24. The molecule has 0 aromatic heterocycles. The van der Waals surface area contributed by atoms with Crippen molar-refractivity contribution in [2.45, 2.75) is 13.8 Å². The summed E-state index contributed by atoms with van der Waals surface area (Å²) in [6.45, 7) is 2.96. The van der Waals surface area contributed by atoms with Gasteiger partial charge in [-0.05, 0) is 25.5 Å². The van der Waals surface area contributed by atoms with Crippen LogP contribution in [0, 0.1) is 25.5 Å². The first-order chi connectivity index (χ1) is 5.04. The Bertz CT molecular complexity index is 268. The van der Waals surface area contributed by atoms with Gasteiger partial charge in [0.25, 0.3) is 0 Å². The van der Waals surface area contributed by atoms with Crippen LogP contribution < -0.4 is 5.73 Å². The maximum absolute atomic E-state index is 12.9. The van der Waals surface area contributed by atoms with Crippen LogP contribution in [0.1, 0.15) is 11.1 Å². The first kappa shape index (κ1) is 7.98. The average molecular weight is 157 g/mol. The minimum absolute atomic E-state index is 0.104. The molecule has 0 aliphatic heterocycles. The van der Waals surface area contributed by atoms with Crippen LogP contribution in [0.3, 0.4) is 0 Å². The maximum Gasteiger partial charge on any atom is 0.146 e. The van der Waals surface area contributed by atoms with Gasteiger partial charge in [-0.25, -0.2) is 8.78 Å². The molecule has 1 aromatic carbocycles. The standard InChI is InChI=1S/C8H9F2N/c1-4-3-6(9)8(11)5(2)7(4)10/h3H,11H2,1-2H3. The molecule has 0 fully saturated rings. The minimum atomic E-state index is -0.554. The van der Waals surface area contributed by atoms with Gasteiger partial charge in [-0.2, -0.15) is 0 Å². The van der Waals surface area contributed by atoms with Crippen molar-refractivity contribution in [3.8, 4) is 0 Å². The predicted molar refractivity (Wildman–Crippen MR) is 40.2 cm³/mol. The third-order valence-corrected chi connectivity index (χ3v) is 1.68. The van der Waals surface area contributed by atoms with Crippen molar-refractivity contribution in [2.24, 2.45) is 0 Å². The van der Waals surface area contributed by atoms with Gasteiger partial charge in [-0.15, -0.1) is 0 Å². The highest BCUT2D eigenvalue weighted by atomic mass is 19.1. The Labute approximate surface area is 63.8 Å². The summed E-state index contributed by atoms with van der Waals surface area (Å²) in [5.74, 6) is -0.981. The quantitative estimate of drug-likeness (QED) is 0.574. The molecule has 0 bridgehead atoms. The molecule has 3 heteroatoms. The Kier molecular flexibility index (Phi) is 1.81. The lowest BCUT2D eigenvalue weighted by molar-refractivity contribution is 0.588. The zero-order valence-electron chi connectivity index (χ0n) is 6.41. The van der Waals surface area contributed by atoms with Crippen LogP contribution in [0.4, 0.5) is 14.5 Å². The van der Waals surface area contributed by atoms with Crippen molar-refractivity contribution < 1.29 is 8.78 Å². The summed E-state index contributed by atoms with van der Waals surface area (Å²) in [5, 5.41) is 0. The lowest BCUT2D eigenvalue weighted by atomic mass is 10.1. The van der Waals surface area contributed by atoms with Crippen LogP contribution in [-0.2, 0) is 0 Å². The third-order valence-electron chi connectivity index (χ3n) is 1.68. The molecule has 0 radical (unpaired) electrons. The molecule has 1 aromatic rings. The molecule has 1 nitrogen and oxygen atoms in total. The molecule has 0 saturated heterocycles. The molecule has 11 heavy (non-hydrogen) atoms. The summed E-state index contributed by atoms with van der Waals surface area (Å²) in [5.41, 5.74) is 5.60. The van der Waals surface area contributed by atoms with Crippen molar-refractivity contribution in [3.05, 3.63) is 28.8 Å². The number of aryl methyl sites for hydroxylation is 1. The van der Waals surface area contributed by atoms with Crippen molar-refractivity contribution in [2.75, 3.05) is 5.73 Å². The van der Waals surface area contributed by atoms with Crippen molar-refractivity contribution in [1.82, 2.24) is 0 Å². The number of halogens is 2. The van der Waals surface area contributed by atoms with Gasteiger partial charge in [0.05, 0.1) is 5.69 Å². The molecule has 0 unspecified atom stereocenters. The summed E-state index contributed by atoms with van der Waals surface area (Å²) in [4.78, 5) is 0. The fourth-order valence-electron chi connectivity index (χ4n) is 0.924. The van der Waals surface area contributed by atoms with Crippen LogP contribution in [0.2, 0.25) is 0 Å². The van der Waals surface area contributed by atoms with Crippen molar-refractivity contribution in [1.29, 1.82) is 0 Å². The van der Waals surface area contributed by atoms with Gasteiger partial charge >= 0.3 is 0 Å². The summed E-state index contributed by atoms with van der Waals surface area (Å²) in [7, 11) is 0. The lowest BCUT2D eigenvalue weighted by Crippen LogP contribution is -1.99. The normalized spacial score (nSPS) is 10.2.